The first-order chi connectivity index (χ1) is 13.8. The number of rotatable bonds is 5. The van der Waals surface area contributed by atoms with Crippen molar-refractivity contribution in [2.24, 2.45) is 10.7 Å². The van der Waals surface area contributed by atoms with Gasteiger partial charge in [0.1, 0.15) is 5.84 Å². The first-order valence-electron chi connectivity index (χ1n) is 9.61. The Morgan fingerprint density at radius 2 is 1.69 bits per heavy atom. The summed E-state index contributed by atoms with van der Waals surface area (Å²) in [6, 6.07) is 15.2. The van der Waals surface area contributed by atoms with Crippen molar-refractivity contribution in [3.05, 3.63) is 59.7 Å². The second-order valence-electron chi connectivity index (χ2n) is 7.45. The third kappa shape index (κ3) is 5.20. The highest BCUT2D eigenvalue weighted by Crippen LogP contribution is 2.24. The summed E-state index contributed by atoms with van der Waals surface area (Å²) in [5, 5.41) is 2.90. The van der Waals surface area contributed by atoms with Crippen LogP contribution in [0.2, 0.25) is 0 Å². The van der Waals surface area contributed by atoms with Gasteiger partial charge in [-0.3, -0.25) is 9.59 Å². The number of hydrogen-bond donors (Lipinski definition) is 2. The lowest BCUT2D eigenvalue weighted by Gasteiger charge is -2.22. The average molecular weight is 393 g/mol. The van der Waals surface area contributed by atoms with Crippen molar-refractivity contribution in [3.8, 4) is 0 Å². The highest BCUT2D eigenvalue weighted by Gasteiger charge is 2.23. The molecule has 7 nitrogen and oxygen atoms in total. The zero-order valence-electron chi connectivity index (χ0n) is 17.1. The van der Waals surface area contributed by atoms with Crippen LogP contribution in [-0.4, -0.2) is 55.8 Å². The Kier molecular flexibility index (Phi) is 6.29. The van der Waals surface area contributed by atoms with Crippen molar-refractivity contribution in [2.75, 3.05) is 37.4 Å². The topological polar surface area (TPSA) is 91.0 Å². The molecule has 3 rings (SSSR count). The number of nitrogens with two attached hydrogens (primary N) is 1. The fraction of sp³-hybridized carbons (Fsp3) is 0.318. The quantitative estimate of drug-likeness (QED) is 0.601. The SMILES string of the molecule is CC(=O)N=C(N)c1ccc(C(=O)Nc2ccc(N3CCC(N(C)C)C3)cc2)cc1. The second kappa shape index (κ2) is 8.87. The van der Waals surface area contributed by atoms with Gasteiger partial charge < -0.3 is 20.9 Å². The monoisotopic (exact) mass is 393 g/mol. The van der Waals surface area contributed by atoms with E-state index in [9.17, 15) is 9.59 Å². The maximum atomic E-state index is 12.5. The number of hydrogen-bond acceptors (Lipinski definition) is 4. The number of aliphatic imine (C=N–C) groups is 1. The number of benzene rings is 2. The van der Waals surface area contributed by atoms with E-state index >= 15 is 0 Å². The Bertz CT molecular complexity index is 904. The van der Waals surface area contributed by atoms with Gasteiger partial charge in [-0.15, -0.1) is 0 Å². The Morgan fingerprint density at radius 1 is 1.07 bits per heavy atom. The predicted molar refractivity (Wildman–Crippen MR) is 117 cm³/mol. The molecule has 3 N–H and O–H groups in total. The minimum absolute atomic E-state index is 0.137. The number of carbonyl (C=O) groups excluding carboxylic acids is 2. The maximum absolute atomic E-state index is 12.5. The molecule has 7 heteroatoms. The summed E-state index contributed by atoms with van der Waals surface area (Å²) in [4.78, 5) is 31.8. The summed E-state index contributed by atoms with van der Waals surface area (Å²) in [7, 11) is 4.23. The van der Waals surface area contributed by atoms with Crippen molar-refractivity contribution in [3.63, 3.8) is 0 Å². The lowest BCUT2D eigenvalue weighted by molar-refractivity contribution is -0.115. The third-order valence-corrected chi connectivity index (χ3v) is 5.10. The zero-order valence-corrected chi connectivity index (χ0v) is 17.1. The van der Waals surface area contributed by atoms with Crippen molar-refractivity contribution < 1.29 is 9.59 Å². The molecule has 1 heterocycles. The van der Waals surface area contributed by atoms with Gasteiger partial charge in [-0.2, -0.15) is 4.99 Å². The summed E-state index contributed by atoms with van der Waals surface area (Å²) in [5.41, 5.74) is 8.76. The molecular weight excluding hydrogens is 366 g/mol. The van der Waals surface area contributed by atoms with Gasteiger partial charge in [0.2, 0.25) is 5.91 Å². The largest absolute Gasteiger partial charge is 0.383 e. The van der Waals surface area contributed by atoms with Crippen LogP contribution in [0.4, 0.5) is 11.4 Å². The van der Waals surface area contributed by atoms with Crippen LogP contribution in [0, 0.1) is 0 Å². The third-order valence-electron chi connectivity index (χ3n) is 5.10. The molecule has 0 aromatic heterocycles. The minimum Gasteiger partial charge on any atom is -0.383 e. The number of likely N-dealkylation sites (N-methyl/N-ethyl adjacent to an activating group) is 1. The summed E-state index contributed by atoms with van der Waals surface area (Å²) in [6.45, 7) is 3.39. The molecule has 1 fully saturated rings. The second-order valence-corrected chi connectivity index (χ2v) is 7.45. The van der Waals surface area contributed by atoms with Gasteiger partial charge in [0.25, 0.3) is 5.91 Å². The number of amidine groups is 1. The summed E-state index contributed by atoms with van der Waals surface area (Å²) >= 11 is 0. The van der Waals surface area contributed by atoms with Crippen molar-refractivity contribution in [1.29, 1.82) is 0 Å². The van der Waals surface area contributed by atoms with Gasteiger partial charge in [-0.1, -0.05) is 12.1 Å². The van der Waals surface area contributed by atoms with Crippen LogP contribution in [-0.2, 0) is 4.79 Å². The van der Waals surface area contributed by atoms with E-state index < -0.39 is 0 Å². The molecule has 1 aliphatic rings. The number of nitrogens with zero attached hydrogens (tertiary/aromatic N) is 3. The van der Waals surface area contributed by atoms with Gasteiger partial charge in [0.05, 0.1) is 0 Å². The molecule has 29 heavy (non-hydrogen) atoms. The van der Waals surface area contributed by atoms with Crippen LogP contribution in [0.25, 0.3) is 0 Å². The van der Waals surface area contributed by atoms with Crippen molar-refractivity contribution in [1.82, 2.24) is 4.90 Å². The van der Waals surface area contributed by atoms with Crippen LogP contribution in [0.15, 0.2) is 53.5 Å². The first-order valence-corrected chi connectivity index (χ1v) is 9.61. The summed E-state index contributed by atoms with van der Waals surface area (Å²) in [6.07, 6.45) is 1.16. The van der Waals surface area contributed by atoms with Gasteiger partial charge >= 0.3 is 0 Å². The Labute approximate surface area is 171 Å². The van der Waals surface area contributed by atoms with Gasteiger partial charge in [0.15, 0.2) is 0 Å². The van der Waals surface area contributed by atoms with Crippen LogP contribution >= 0.6 is 0 Å². The molecule has 1 saturated heterocycles. The Balaban J connectivity index is 1.61. The molecule has 2 amide bonds. The Morgan fingerprint density at radius 3 is 2.24 bits per heavy atom. The molecule has 1 unspecified atom stereocenters. The van der Waals surface area contributed by atoms with Gasteiger partial charge in [-0.05, 0) is 56.9 Å². The summed E-state index contributed by atoms with van der Waals surface area (Å²) in [5.74, 6) is -0.433. The van der Waals surface area contributed by atoms with Crippen molar-refractivity contribution >= 4 is 29.0 Å². The standard InChI is InChI=1S/C22H27N5O2/c1-15(28)24-21(23)16-4-6-17(7-5-16)22(29)25-18-8-10-19(11-9-18)27-13-12-20(14-27)26(2)3/h4-11,20H,12-14H2,1-3H3,(H,25,29)(H2,23,24,28). The maximum Gasteiger partial charge on any atom is 0.255 e. The predicted octanol–water partition coefficient (Wildman–Crippen LogP) is 2.33. The van der Waals surface area contributed by atoms with E-state index in [4.69, 9.17) is 5.73 Å². The molecule has 1 aliphatic heterocycles. The molecule has 0 spiro atoms. The average Bonchev–Trinajstić information content (AvgIpc) is 3.19. The molecule has 152 valence electrons. The van der Waals surface area contributed by atoms with E-state index in [0.717, 1.165) is 30.9 Å². The zero-order chi connectivity index (χ0) is 21.0. The van der Waals surface area contributed by atoms with E-state index in [1.54, 1.807) is 24.3 Å². The molecule has 1 atom stereocenters. The Hall–Kier alpha value is -3.19. The molecule has 2 aromatic carbocycles. The van der Waals surface area contributed by atoms with Crippen molar-refractivity contribution in [2.45, 2.75) is 19.4 Å². The fourth-order valence-corrected chi connectivity index (χ4v) is 3.38. The normalized spacial score (nSPS) is 16.9. The number of amides is 2. The molecule has 0 aliphatic carbocycles. The van der Waals surface area contributed by atoms with E-state index in [1.165, 1.54) is 6.92 Å². The van der Waals surface area contributed by atoms with Gasteiger partial charge in [-0.25, -0.2) is 0 Å². The minimum atomic E-state index is -0.362. The van der Waals surface area contributed by atoms with E-state index in [2.05, 4.69) is 34.2 Å². The molecular formula is C22H27N5O2. The molecule has 0 saturated carbocycles. The van der Waals surface area contributed by atoms with E-state index in [1.807, 2.05) is 24.3 Å². The number of carbonyl (C=O) groups is 2. The lowest BCUT2D eigenvalue weighted by atomic mass is 10.1. The number of anilines is 2. The van der Waals surface area contributed by atoms with E-state index in [0.29, 0.717) is 17.2 Å². The first kappa shape index (κ1) is 20.5. The molecule has 0 radical (unpaired) electrons. The van der Waals surface area contributed by atoms with Crippen LogP contribution < -0.4 is 16.0 Å². The van der Waals surface area contributed by atoms with Crippen LogP contribution in [0.3, 0.4) is 0 Å². The molecule has 2 aromatic rings. The lowest BCUT2D eigenvalue weighted by Crippen LogP contribution is -2.31. The van der Waals surface area contributed by atoms with E-state index in [-0.39, 0.29) is 17.6 Å². The van der Waals surface area contributed by atoms with Crippen LogP contribution in [0.1, 0.15) is 29.3 Å². The fourth-order valence-electron chi connectivity index (χ4n) is 3.38. The highest BCUT2D eigenvalue weighted by molar-refractivity contribution is 6.06. The summed E-state index contributed by atoms with van der Waals surface area (Å²) < 4.78 is 0. The van der Waals surface area contributed by atoms with Gasteiger partial charge in [0, 0.05) is 48.6 Å². The highest BCUT2D eigenvalue weighted by atomic mass is 16.2. The molecule has 0 bridgehead atoms. The smallest absolute Gasteiger partial charge is 0.255 e. The number of nitrogens with one attached hydrogen (secondary N) is 1. The van der Waals surface area contributed by atoms with Crippen LogP contribution in [0.5, 0.6) is 0 Å².